The van der Waals surface area contributed by atoms with Crippen LogP contribution in [0.4, 0.5) is 5.69 Å². The van der Waals surface area contributed by atoms with Crippen LogP contribution in [0.3, 0.4) is 0 Å². The van der Waals surface area contributed by atoms with E-state index in [-0.39, 0.29) is 5.69 Å². The van der Waals surface area contributed by atoms with Crippen molar-refractivity contribution in [2.75, 3.05) is 0 Å². The third kappa shape index (κ3) is 3.11. The lowest BCUT2D eigenvalue weighted by atomic mass is 10.2. The molecule has 8 heteroatoms. The number of nitrogens with zero attached hydrogens (tertiary/aromatic N) is 3. The Morgan fingerprint density at radius 3 is 2.76 bits per heavy atom. The van der Waals surface area contributed by atoms with Crippen molar-refractivity contribution in [3.05, 3.63) is 58.3 Å². The second kappa shape index (κ2) is 5.80. The minimum atomic E-state index is -0.415. The number of hydrogen-bond acceptors (Lipinski definition) is 6. The molecule has 0 unspecified atom stereocenters. The van der Waals surface area contributed by atoms with Crippen LogP contribution < -0.4 is 0 Å². The molecule has 2 heterocycles. The summed E-state index contributed by atoms with van der Waals surface area (Å²) in [4.78, 5) is 14.5. The minimum absolute atomic E-state index is 0.0850. The van der Waals surface area contributed by atoms with Crippen molar-refractivity contribution >= 4 is 17.4 Å². The number of nitro benzene ring substituents is 1. The zero-order chi connectivity index (χ0) is 14.7. The van der Waals surface area contributed by atoms with Crippen molar-refractivity contribution in [1.29, 1.82) is 0 Å². The monoisotopic (exact) mass is 302 g/mol. The summed E-state index contributed by atoms with van der Waals surface area (Å²) in [6, 6.07) is 10.0. The number of hydrogen-bond donors (Lipinski definition) is 1. The summed E-state index contributed by atoms with van der Waals surface area (Å²) >= 11 is 1.44. The van der Waals surface area contributed by atoms with Crippen LogP contribution in [0.25, 0.3) is 11.6 Å². The van der Waals surface area contributed by atoms with Gasteiger partial charge in [0.2, 0.25) is 5.16 Å². The Bertz CT molecular complexity index is 737. The summed E-state index contributed by atoms with van der Waals surface area (Å²) in [5.74, 6) is 1.84. The predicted octanol–water partition coefficient (Wildman–Crippen LogP) is 3.27. The van der Waals surface area contributed by atoms with Crippen LogP contribution in [0.1, 0.15) is 5.56 Å². The lowest BCUT2D eigenvalue weighted by Crippen LogP contribution is -1.88. The first kappa shape index (κ1) is 13.4. The number of nitrogens with one attached hydrogen (secondary N) is 1. The van der Waals surface area contributed by atoms with Gasteiger partial charge in [0.1, 0.15) is 0 Å². The van der Waals surface area contributed by atoms with Crippen LogP contribution in [0.5, 0.6) is 0 Å². The van der Waals surface area contributed by atoms with Gasteiger partial charge < -0.3 is 4.42 Å². The molecule has 0 saturated carbocycles. The van der Waals surface area contributed by atoms with Gasteiger partial charge in [0.05, 0.1) is 11.2 Å². The minimum Gasteiger partial charge on any atom is -0.461 e. The highest BCUT2D eigenvalue weighted by molar-refractivity contribution is 7.98. The maximum absolute atomic E-state index is 10.6. The second-order valence-corrected chi connectivity index (χ2v) is 5.10. The van der Waals surface area contributed by atoms with Gasteiger partial charge in [-0.15, -0.1) is 5.10 Å². The Morgan fingerprint density at radius 1 is 1.29 bits per heavy atom. The molecule has 1 N–H and O–H groups in total. The smallest absolute Gasteiger partial charge is 0.269 e. The van der Waals surface area contributed by atoms with E-state index in [0.717, 1.165) is 5.56 Å². The molecular weight excluding hydrogens is 292 g/mol. The molecule has 0 fully saturated rings. The maximum Gasteiger partial charge on any atom is 0.269 e. The van der Waals surface area contributed by atoms with E-state index in [0.29, 0.717) is 22.5 Å². The van der Waals surface area contributed by atoms with Crippen molar-refractivity contribution in [2.45, 2.75) is 10.9 Å². The van der Waals surface area contributed by atoms with Gasteiger partial charge in [-0.3, -0.25) is 15.2 Å². The van der Waals surface area contributed by atoms with Crippen LogP contribution in [-0.2, 0) is 5.75 Å². The molecule has 3 rings (SSSR count). The van der Waals surface area contributed by atoms with Crippen molar-refractivity contribution in [3.8, 4) is 11.6 Å². The van der Waals surface area contributed by atoms with Gasteiger partial charge in [0.25, 0.3) is 5.69 Å². The summed E-state index contributed by atoms with van der Waals surface area (Å²) in [7, 11) is 0. The number of benzene rings is 1. The van der Waals surface area contributed by atoms with Gasteiger partial charge >= 0.3 is 0 Å². The highest BCUT2D eigenvalue weighted by atomic mass is 32.2. The van der Waals surface area contributed by atoms with E-state index in [1.54, 1.807) is 30.5 Å². The summed E-state index contributed by atoms with van der Waals surface area (Å²) in [6.07, 6.45) is 1.57. The number of thioether (sulfide) groups is 1. The van der Waals surface area contributed by atoms with Gasteiger partial charge in [-0.1, -0.05) is 23.9 Å². The molecular formula is C13H10N4O3S. The summed E-state index contributed by atoms with van der Waals surface area (Å²) < 4.78 is 5.22. The average molecular weight is 302 g/mol. The number of furan rings is 1. The molecule has 0 saturated heterocycles. The third-order valence-electron chi connectivity index (χ3n) is 2.73. The molecule has 106 valence electrons. The first-order valence-corrected chi connectivity index (χ1v) is 7.03. The van der Waals surface area contributed by atoms with Gasteiger partial charge in [0, 0.05) is 17.9 Å². The Balaban J connectivity index is 1.64. The summed E-state index contributed by atoms with van der Waals surface area (Å²) in [5.41, 5.74) is 1.05. The Kier molecular flexibility index (Phi) is 3.69. The van der Waals surface area contributed by atoms with Crippen LogP contribution in [0, 0.1) is 10.1 Å². The zero-order valence-corrected chi connectivity index (χ0v) is 11.5. The number of aromatic nitrogens is 3. The number of nitro groups is 1. The normalized spacial score (nSPS) is 10.7. The van der Waals surface area contributed by atoms with Crippen LogP contribution in [0.2, 0.25) is 0 Å². The van der Waals surface area contributed by atoms with Gasteiger partial charge in [0.15, 0.2) is 11.6 Å². The van der Waals surface area contributed by atoms with E-state index in [4.69, 9.17) is 4.42 Å². The van der Waals surface area contributed by atoms with E-state index in [9.17, 15) is 10.1 Å². The molecule has 0 radical (unpaired) electrons. The largest absolute Gasteiger partial charge is 0.461 e. The van der Waals surface area contributed by atoms with E-state index in [2.05, 4.69) is 15.2 Å². The topological polar surface area (TPSA) is 97.8 Å². The quantitative estimate of drug-likeness (QED) is 0.441. The molecule has 7 nitrogen and oxygen atoms in total. The number of H-pyrrole nitrogens is 1. The first-order chi connectivity index (χ1) is 10.2. The average Bonchev–Trinajstić information content (AvgIpc) is 3.16. The van der Waals surface area contributed by atoms with Crippen molar-refractivity contribution in [2.24, 2.45) is 0 Å². The molecule has 0 amide bonds. The molecule has 0 atom stereocenters. The van der Waals surface area contributed by atoms with E-state index in [1.807, 2.05) is 0 Å². The SMILES string of the molecule is O=[N+]([O-])c1ccc(CSc2n[nH]c(-c3ccco3)n2)cc1. The van der Waals surface area contributed by atoms with Gasteiger partial charge in [-0.25, -0.2) is 0 Å². The van der Waals surface area contributed by atoms with E-state index in [1.165, 1.54) is 23.9 Å². The molecule has 1 aromatic carbocycles. The predicted molar refractivity (Wildman–Crippen MR) is 76.7 cm³/mol. The Hall–Kier alpha value is -2.61. The standard InChI is InChI=1S/C13H10N4O3S/c18-17(19)10-5-3-9(4-6-10)8-21-13-14-12(15-16-13)11-2-1-7-20-11/h1-7H,8H2,(H,14,15,16). The number of rotatable bonds is 5. The van der Waals surface area contributed by atoms with Crippen molar-refractivity contribution < 1.29 is 9.34 Å². The lowest BCUT2D eigenvalue weighted by Gasteiger charge is -1.98. The molecule has 21 heavy (non-hydrogen) atoms. The fourth-order valence-corrected chi connectivity index (χ4v) is 2.45. The first-order valence-electron chi connectivity index (χ1n) is 6.05. The van der Waals surface area contributed by atoms with Gasteiger partial charge in [-0.2, -0.15) is 4.98 Å². The highest BCUT2D eigenvalue weighted by Crippen LogP contribution is 2.23. The molecule has 0 bridgehead atoms. The maximum atomic E-state index is 10.6. The highest BCUT2D eigenvalue weighted by Gasteiger charge is 2.09. The molecule has 3 aromatic rings. The summed E-state index contributed by atoms with van der Waals surface area (Å²) in [5, 5.41) is 18.1. The second-order valence-electron chi connectivity index (χ2n) is 4.16. The van der Waals surface area contributed by atoms with E-state index < -0.39 is 4.92 Å². The van der Waals surface area contributed by atoms with Crippen LogP contribution in [0.15, 0.2) is 52.2 Å². The molecule has 2 aromatic heterocycles. The third-order valence-corrected chi connectivity index (χ3v) is 3.65. The summed E-state index contributed by atoms with van der Waals surface area (Å²) in [6.45, 7) is 0. The number of non-ortho nitro benzene ring substituents is 1. The molecule has 0 spiro atoms. The van der Waals surface area contributed by atoms with Crippen molar-refractivity contribution in [1.82, 2.24) is 15.2 Å². The van der Waals surface area contributed by atoms with Crippen molar-refractivity contribution in [3.63, 3.8) is 0 Å². The van der Waals surface area contributed by atoms with Crippen LogP contribution >= 0.6 is 11.8 Å². The number of aromatic amines is 1. The lowest BCUT2D eigenvalue weighted by molar-refractivity contribution is -0.384. The Morgan fingerprint density at radius 2 is 2.10 bits per heavy atom. The van der Waals surface area contributed by atoms with Gasteiger partial charge in [-0.05, 0) is 17.7 Å². The Labute approximate surface area is 123 Å². The molecule has 0 aliphatic rings. The zero-order valence-electron chi connectivity index (χ0n) is 10.7. The van der Waals surface area contributed by atoms with Crippen LogP contribution in [-0.4, -0.2) is 20.1 Å². The molecule has 0 aliphatic heterocycles. The fourth-order valence-electron chi connectivity index (χ4n) is 1.70. The fraction of sp³-hybridized carbons (Fsp3) is 0.0769. The van der Waals surface area contributed by atoms with E-state index >= 15 is 0 Å². The molecule has 0 aliphatic carbocycles.